The Kier molecular flexibility index (Phi) is 2.26. The third-order valence-electron chi connectivity index (χ3n) is 3.37. The number of aromatic amines is 1. The Bertz CT molecular complexity index is 695. The Morgan fingerprint density at radius 2 is 1.83 bits per heavy atom. The van der Waals surface area contributed by atoms with Gasteiger partial charge >= 0.3 is 0 Å². The van der Waals surface area contributed by atoms with Crippen LogP contribution in [0.3, 0.4) is 0 Å². The van der Waals surface area contributed by atoms with Gasteiger partial charge in [0.05, 0.1) is 22.3 Å². The molecule has 2 aromatic heterocycles. The summed E-state index contributed by atoms with van der Waals surface area (Å²) in [5.41, 5.74) is 6.69. The minimum absolute atomic E-state index is 0.889. The molecule has 92 valence electrons. The summed E-state index contributed by atoms with van der Waals surface area (Å²) in [4.78, 5) is 8.02. The number of benzene rings is 1. The van der Waals surface area contributed by atoms with Gasteiger partial charge in [0.1, 0.15) is 5.82 Å². The average Bonchev–Trinajstić information content (AvgIpc) is 2.82. The molecule has 2 heterocycles. The van der Waals surface area contributed by atoms with Crippen molar-refractivity contribution in [3.8, 4) is 11.4 Å². The van der Waals surface area contributed by atoms with E-state index in [1.807, 2.05) is 24.9 Å². The van der Waals surface area contributed by atoms with E-state index in [1.54, 1.807) is 0 Å². The average molecular weight is 240 g/mol. The van der Waals surface area contributed by atoms with Crippen molar-refractivity contribution in [1.82, 2.24) is 19.7 Å². The van der Waals surface area contributed by atoms with Gasteiger partial charge in [0, 0.05) is 13.2 Å². The van der Waals surface area contributed by atoms with E-state index in [-0.39, 0.29) is 0 Å². The molecule has 1 N–H and O–H groups in total. The minimum atomic E-state index is 0.889. The third kappa shape index (κ3) is 1.61. The molecule has 4 heteroatoms. The second-order valence-corrected chi connectivity index (χ2v) is 4.84. The van der Waals surface area contributed by atoms with Crippen LogP contribution in [0.25, 0.3) is 22.4 Å². The molecular weight excluding hydrogens is 224 g/mol. The molecular formula is C14H16N4. The molecule has 0 saturated heterocycles. The normalized spacial score (nSPS) is 11.3. The Morgan fingerprint density at radius 3 is 2.50 bits per heavy atom. The van der Waals surface area contributed by atoms with Crippen LogP contribution < -0.4 is 0 Å². The Hall–Kier alpha value is -2.10. The lowest BCUT2D eigenvalue weighted by atomic mass is 10.1. The first-order valence-electron chi connectivity index (χ1n) is 6.02. The standard InChI is InChI=1S/C14H16N4/c1-8-5-12-13(6-9(8)2)16-14(15-12)11-7-18(4)17-10(11)3/h5-7H,1-4H3,(H,15,16). The van der Waals surface area contributed by atoms with Crippen molar-refractivity contribution in [3.05, 3.63) is 35.2 Å². The fourth-order valence-corrected chi connectivity index (χ4v) is 2.23. The number of fused-ring (bicyclic) bond motifs is 1. The van der Waals surface area contributed by atoms with Crippen LogP contribution in [0.2, 0.25) is 0 Å². The van der Waals surface area contributed by atoms with E-state index in [2.05, 4.69) is 41.0 Å². The van der Waals surface area contributed by atoms with Gasteiger partial charge in [-0.05, 0) is 44.0 Å². The van der Waals surface area contributed by atoms with Gasteiger partial charge in [0.25, 0.3) is 0 Å². The van der Waals surface area contributed by atoms with Gasteiger partial charge in [0.15, 0.2) is 0 Å². The van der Waals surface area contributed by atoms with E-state index in [9.17, 15) is 0 Å². The molecule has 3 aromatic rings. The third-order valence-corrected chi connectivity index (χ3v) is 3.37. The highest BCUT2D eigenvalue weighted by molar-refractivity contribution is 5.81. The van der Waals surface area contributed by atoms with Gasteiger partial charge in [-0.3, -0.25) is 4.68 Å². The fraction of sp³-hybridized carbons (Fsp3) is 0.286. The number of imidazole rings is 1. The summed E-state index contributed by atoms with van der Waals surface area (Å²) in [6.45, 7) is 6.22. The number of aromatic nitrogens is 4. The molecule has 0 fully saturated rings. The highest BCUT2D eigenvalue weighted by Gasteiger charge is 2.11. The van der Waals surface area contributed by atoms with E-state index in [1.165, 1.54) is 11.1 Å². The van der Waals surface area contributed by atoms with Gasteiger partial charge in [0.2, 0.25) is 0 Å². The van der Waals surface area contributed by atoms with E-state index < -0.39 is 0 Å². The van der Waals surface area contributed by atoms with Crippen molar-refractivity contribution in [2.75, 3.05) is 0 Å². The lowest BCUT2D eigenvalue weighted by Crippen LogP contribution is -1.86. The SMILES string of the molecule is Cc1cc2nc(-c3cn(C)nc3C)[nH]c2cc1C. The van der Waals surface area contributed by atoms with E-state index in [0.29, 0.717) is 0 Å². The molecule has 0 unspecified atom stereocenters. The molecule has 1 aromatic carbocycles. The molecule has 0 saturated carbocycles. The molecule has 0 amide bonds. The van der Waals surface area contributed by atoms with Crippen LogP contribution in [0, 0.1) is 20.8 Å². The summed E-state index contributed by atoms with van der Waals surface area (Å²) in [7, 11) is 1.92. The zero-order chi connectivity index (χ0) is 12.9. The van der Waals surface area contributed by atoms with Crippen LogP contribution in [-0.2, 0) is 7.05 Å². The first kappa shape index (κ1) is 11.0. The quantitative estimate of drug-likeness (QED) is 0.711. The number of nitrogens with zero attached hydrogens (tertiary/aromatic N) is 3. The largest absolute Gasteiger partial charge is 0.338 e. The van der Waals surface area contributed by atoms with Crippen molar-refractivity contribution in [2.45, 2.75) is 20.8 Å². The Balaban J connectivity index is 2.22. The molecule has 18 heavy (non-hydrogen) atoms. The number of aryl methyl sites for hydroxylation is 4. The van der Waals surface area contributed by atoms with Gasteiger partial charge in [-0.25, -0.2) is 4.98 Å². The molecule has 0 aliphatic heterocycles. The zero-order valence-electron chi connectivity index (χ0n) is 11.1. The Labute approximate surface area is 106 Å². The van der Waals surface area contributed by atoms with E-state index in [4.69, 9.17) is 0 Å². The maximum Gasteiger partial charge on any atom is 0.141 e. The summed E-state index contributed by atoms with van der Waals surface area (Å²) in [5, 5.41) is 4.35. The second-order valence-electron chi connectivity index (χ2n) is 4.84. The van der Waals surface area contributed by atoms with E-state index in [0.717, 1.165) is 28.1 Å². The fourth-order valence-electron chi connectivity index (χ4n) is 2.23. The number of hydrogen-bond donors (Lipinski definition) is 1. The number of H-pyrrole nitrogens is 1. The number of hydrogen-bond acceptors (Lipinski definition) is 2. The smallest absolute Gasteiger partial charge is 0.141 e. The van der Waals surface area contributed by atoms with E-state index >= 15 is 0 Å². The highest BCUT2D eigenvalue weighted by atomic mass is 15.3. The number of rotatable bonds is 1. The lowest BCUT2D eigenvalue weighted by Gasteiger charge is -1.97. The molecule has 0 aliphatic carbocycles. The van der Waals surface area contributed by atoms with Crippen LogP contribution in [0.1, 0.15) is 16.8 Å². The van der Waals surface area contributed by atoms with Crippen molar-refractivity contribution < 1.29 is 0 Å². The summed E-state index contributed by atoms with van der Waals surface area (Å²) in [6, 6.07) is 4.27. The van der Waals surface area contributed by atoms with Crippen molar-refractivity contribution in [2.24, 2.45) is 7.05 Å². The van der Waals surface area contributed by atoms with Crippen molar-refractivity contribution in [1.29, 1.82) is 0 Å². The van der Waals surface area contributed by atoms with Crippen LogP contribution in [0.15, 0.2) is 18.3 Å². The molecule has 0 radical (unpaired) electrons. The molecule has 0 spiro atoms. The summed E-state index contributed by atoms with van der Waals surface area (Å²) in [5.74, 6) is 0.889. The molecule has 3 rings (SSSR count). The number of nitrogens with one attached hydrogen (secondary N) is 1. The van der Waals surface area contributed by atoms with Gasteiger partial charge in [-0.2, -0.15) is 5.10 Å². The maximum atomic E-state index is 4.65. The maximum absolute atomic E-state index is 4.65. The van der Waals surface area contributed by atoms with Crippen LogP contribution in [-0.4, -0.2) is 19.7 Å². The van der Waals surface area contributed by atoms with Gasteiger partial charge < -0.3 is 4.98 Å². The van der Waals surface area contributed by atoms with Gasteiger partial charge in [-0.15, -0.1) is 0 Å². The van der Waals surface area contributed by atoms with Gasteiger partial charge in [-0.1, -0.05) is 0 Å². The minimum Gasteiger partial charge on any atom is -0.338 e. The Morgan fingerprint density at radius 1 is 1.11 bits per heavy atom. The molecule has 4 nitrogen and oxygen atoms in total. The van der Waals surface area contributed by atoms with Crippen LogP contribution in [0.5, 0.6) is 0 Å². The van der Waals surface area contributed by atoms with Crippen LogP contribution >= 0.6 is 0 Å². The zero-order valence-corrected chi connectivity index (χ0v) is 11.1. The van der Waals surface area contributed by atoms with Crippen molar-refractivity contribution in [3.63, 3.8) is 0 Å². The molecule has 0 bridgehead atoms. The predicted molar refractivity (Wildman–Crippen MR) is 72.5 cm³/mol. The monoisotopic (exact) mass is 240 g/mol. The highest BCUT2D eigenvalue weighted by Crippen LogP contribution is 2.24. The van der Waals surface area contributed by atoms with Crippen LogP contribution in [0.4, 0.5) is 0 Å². The topological polar surface area (TPSA) is 46.5 Å². The summed E-state index contributed by atoms with van der Waals surface area (Å²) >= 11 is 0. The molecule has 0 aliphatic rings. The second kappa shape index (κ2) is 3.70. The first-order valence-corrected chi connectivity index (χ1v) is 6.02. The molecule has 0 atom stereocenters. The summed E-state index contributed by atoms with van der Waals surface area (Å²) in [6.07, 6.45) is 1.99. The summed E-state index contributed by atoms with van der Waals surface area (Å²) < 4.78 is 1.81. The lowest BCUT2D eigenvalue weighted by molar-refractivity contribution is 0.756. The predicted octanol–water partition coefficient (Wildman–Crippen LogP) is 2.89. The van der Waals surface area contributed by atoms with Crippen molar-refractivity contribution >= 4 is 11.0 Å². The first-order chi connectivity index (χ1) is 8.54.